The highest BCUT2D eigenvalue weighted by atomic mass is 32.1. The molecule has 0 aliphatic rings. The molecule has 1 amide bonds. The highest BCUT2D eigenvalue weighted by Crippen LogP contribution is 2.34. The van der Waals surface area contributed by atoms with Crippen LogP contribution in [-0.4, -0.2) is 41.0 Å². The van der Waals surface area contributed by atoms with Crippen LogP contribution in [0.2, 0.25) is 0 Å². The number of aliphatic carboxylic acids is 1. The van der Waals surface area contributed by atoms with Crippen LogP contribution < -0.4 is 4.74 Å². The molecule has 0 unspecified atom stereocenters. The summed E-state index contributed by atoms with van der Waals surface area (Å²) in [6.07, 6.45) is -0.123. The lowest BCUT2D eigenvalue weighted by atomic mass is 10.0. The van der Waals surface area contributed by atoms with E-state index in [-0.39, 0.29) is 12.3 Å². The Labute approximate surface area is 167 Å². The number of hydrogen-bond acceptors (Lipinski definition) is 5. The molecule has 7 heteroatoms. The molecule has 6 nitrogen and oxygen atoms in total. The number of carboxylic acid groups (broad SMARTS) is 1. The van der Waals surface area contributed by atoms with Gasteiger partial charge in [-0.3, -0.25) is 14.6 Å². The molecule has 0 radical (unpaired) electrons. The molecule has 0 saturated carbocycles. The van der Waals surface area contributed by atoms with Gasteiger partial charge >= 0.3 is 5.97 Å². The number of nitrogens with zero attached hydrogens (tertiary/aromatic N) is 2. The molecule has 0 atom stereocenters. The number of carbonyl (C=O) groups excluding carboxylic acids is 1. The second-order valence-electron chi connectivity index (χ2n) is 6.86. The van der Waals surface area contributed by atoms with Crippen molar-refractivity contribution in [2.24, 2.45) is 0 Å². The molecule has 1 aromatic carbocycles. The molecule has 0 aliphatic heterocycles. The van der Waals surface area contributed by atoms with Crippen LogP contribution in [0.25, 0.3) is 10.1 Å². The smallest absolute Gasteiger partial charge is 0.307 e. The first-order chi connectivity index (χ1) is 13.3. The number of aromatic nitrogens is 1. The Hall–Kier alpha value is -2.93. The maximum Gasteiger partial charge on any atom is 0.307 e. The number of pyridine rings is 1. The van der Waals surface area contributed by atoms with Gasteiger partial charge in [0.1, 0.15) is 12.4 Å². The first kappa shape index (κ1) is 19.8. The highest BCUT2D eigenvalue weighted by molar-refractivity contribution is 7.17. The van der Waals surface area contributed by atoms with Gasteiger partial charge in [-0.25, -0.2) is 0 Å². The minimum atomic E-state index is -0.925. The number of rotatable bonds is 6. The van der Waals surface area contributed by atoms with Gasteiger partial charge in [0.15, 0.2) is 0 Å². The molecule has 0 aliphatic carbocycles. The van der Waals surface area contributed by atoms with Crippen molar-refractivity contribution in [3.8, 4) is 5.75 Å². The van der Waals surface area contributed by atoms with E-state index in [1.807, 2.05) is 32.0 Å². The van der Waals surface area contributed by atoms with Gasteiger partial charge < -0.3 is 14.7 Å². The molecule has 28 heavy (non-hydrogen) atoms. The van der Waals surface area contributed by atoms with E-state index in [4.69, 9.17) is 4.74 Å². The molecule has 146 valence electrons. The minimum absolute atomic E-state index is 0.123. The van der Waals surface area contributed by atoms with E-state index in [1.54, 1.807) is 25.5 Å². The lowest BCUT2D eigenvalue weighted by molar-refractivity contribution is -0.136. The monoisotopic (exact) mass is 398 g/mol. The second kappa shape index (κ2) is 7.98. The molecule has 0 spiro atoms. The predicted molar refractivity (Wildman–Crippen MR) is 109 cm³/mol. The molecule has 3 aromatic rings. The van der Waals surface area contributed by atoms with Gasteiger partial charge in [0.2, 0.25) is 0 Å². The lowest BCUT2D eigenvalue weighted by Gasteiger charge is -2.15. The number of hydrogen-bond donors (Lipinski definition) is 1. The summed E-state index contributed by atoms with van der Waals surface area (Å²) in [7, 11) is 3.35. The third-order valence-electron chi connectivity index (χ3n) is 4.43. The number of thiophene rings is 1. The van der Waals surface area contributed by atoms with Crippen LogP contribution in [0.5, 0.6) is 5.75 Å². The van der Waals surface area contributed by atoms with E-state index in [0.29, 0.717) is 28.9 Å². The van der Waals surface area contributed by atoms with Crippen molar-refractivity contribution in [2.45, 2.75) is 26.9 Å². The summed E-state index contributed by atoms with van der Waals surface area (Å²) in [4.78, 5) is 29.8. The number of amides is 1. The Morgan fingerprint density at radius 1 is 1.18 bits per heavy atom. The molecule has 3 rings (SSSR count). The fourth-order valence-corrected chi connectivity index (χ4v) is 4.04. The van der Waals surface area contributed by atoms with Crippen LogP contribution in [-0.2, 0) is 17.8 Å². The largest absolute Gasteiger partial charge is 0.489 e. The predicted octanol–water partition coefficient (Wildman–Crippen LogP) is 3.82. The van der Waals surface area contributed by atoms with Crippen molar-refractivity contribution in [2.75, 3.05) is 14.1 Å². The first-order valence-corrected chi connectivity index (χ1v) is 9.67. The normalized spacial score (nSPS) is 10.9. The van der Waals surface area contributed by atoms with E-state index >= 15 is 0 Å². The van der Waals surface area contributed by atoms with E-state index in [9.17, 15) is 14.7 Å². The molecular weight excluding hydrogens is 376 g/mol. The Balaban J connectivity index is 1.99. The molecule has 2 heterocycles. The van der Waals surface area contributed by atoms with Crippen molar-refractivity contribution < 1.29 is 19.4 Å². The molecular formula is C21H22N2O4S. The van der Waals surface area contributed by atoms with Gasteiger partial charge in [-0.2, -0.15) is 0 Å². The van der Waals surface area contributed by atoms with E-state index in [1.165, 1.54) is 16.2 Å². The lowest BCUT2D eigenvalue weighted by Crippen LogP contribution is -2.22. The Morgan fingerprint density at radius 3 is 2.57 bits per heavy atom. The fourth-order valence-electron chi connectivity index (χ4n) is 3.02. The third-order valence-corrected chi connectivity index (χ3v) is 5.41. The number of fused-ring (bicyclic) bond motifs is 1. The van der Waals surface area contributed by atoms with E-state index in [0.717, 1.165) is 21.7 Å². The SMILES string of the molecule is Cc1ccc(COc2cc(C(=O)N(C)C)c3c(CC(=O)O)csc3c2)c(C)n1. The standard InChI is InChI=1S/C21H22N2O4S/c1-12-5-6-14(13(2)22-12)10-27-16-8-17(21(26)23(3)4)20-15(7-19(24)25)11-28-18(20)9-16/h5-6,8-9,11H,7,10H2,1-4H3,(H,24,25). The summed E-state index contributed by atoms with van der Waals surface area (Å²) < 4.78 is 6.79. The molecule has 0 bridgehead atoms. The second-order valence-corrected chi connectivity index (χ2v) is 7.77. The summed E-state index contributed by atoms with van der Waals surface area (Å²) in [5.41, 5.74) is 3.93. The van der Waals surface area contributed by atoms with Crippen LogP contribution in [0.1, 0.15) is 32.9 Å². The zero-order chi connectivity index (χ0) is 20.4. The van der Waals surface area contributed by atoms with Gasteiger partial charge in [0, 0.05) is 41.1 Å². The zero-order valence-corrected chi connectivity index (χ0v) is 17.1. The Morgan fingerprint density at radius 2 is 1.93 bits per heavy atom. The first-order valence-electron chi connectivity index (χ1n) is 8.79. The molecule has 0 fully saturated rings. The number of benzene rings is 1. The fraction of sp³-hybridized carbons (Fsp3) is 0.286. The van der Waals surface area contributed by atoms with E-state index < -0.39 is 5.97 Å². The quantitative estimate of drug-likeness (QED) is 0.683. The Bertz CT molecular complexity index is 1060. The van der Waals surface area contributed by atoms with Gasteiger partial charge in [0.25, 0.3) is 5.91 Å². The van der Waals surface area contributed by atoms with Gasteiger partial charge in [0.05, 0.1) is 12.0 Å². The summed E-state index contributed by atoms with van der Waals surface area (Å²) in [6.45, 7) is 4.22. The van der Waals surface area contributed by atoms with Crippen LogP contribution >= 0.6 is 11.3 Å². The average Bonchev–Trinajstić information content (AvgIpc) is 3.01. The van der Waals surface area contributed by atoms with Crippen molar-refractivity contribution >= 4 is 33.3 Å². The Kier molecular flexibility index (Phi) is 5.65. The van der Waals surface area contributed by atoms with Crippen molar-refractivity contribution in [1.82, 2.24) is 9.88 Å². The summed E-state index contributed by atoms with van der Waals surface area (Å²) >= 11 is 1.41. The van der Waals surface area contributed by atoms with E-state index in [2.05, 4.69) is 4.98 Å². The van der Waals surface area contributed by atoms with Gasteiger partial charge in [-0.15, -0.1) is 11.3 Å². The number of carboxylic acids is 1. The van der Waals surface area contributed by atoms with Crippen molar-refractivity contribution in [3.63, 3.8) is 0 Å². The summed E-state index contributed by atoms with van der Waals surface area (Å²) in [6, 6.07) is 7.47. The van der Waals surface area contributed by atoms with Crippen LogP contribution in [0.3, 0.4) is 0 Å². The zero-order valence-electron chi connectivity index (χ0n) is 16.3. The molecule has 0 saturated heterocycles. The maximum atomic E-state index is 12.7. The average molecular weight is 398 g/mol. The summed E-state index contributed by atoms with van der Waals surface area (Å²) in [5, 5.41) is 11.7. The molecule has 1 N–H and O–H groups in total. The topological polar surface area (TPSA) is 79.7 Å². The number of aryl methyl sites for hydroxylation is 2. The minimum Gasteiger partial charge on any atom is -0.489 e. The molecule has 2 aromatic heterocycles. The van der Waals surface area contributed by atoms with Crippen LogP contribution in [0.4, 0.5) is 0 Å². The number of ether oxygens (including phenoxy) is 1. The van der Waals surface area contributed by atoms with Crippen LogP contribution in [0, 0.1) is 13.8 Å². The van der Waals surface area contributed by atoms with Gasteiger partial charge in [-0.1, -0.05) is 6.07 Å². The maximum absolute atomic E-state index is 12.7. The third kappa shape index (κ3) is 4.14. The van der Waals surface area contributed by atoms with Crippen molar-refractivity contribution in [3.05, 3.63) is 57.7 Å². The van der Waals surface area contributed by atoms with Gasteiger partial charge in [-0.05, 0) is 43.0 Å². The highest BCUT2D eigenvalue weighted by Gasteiger charge is 2.19. The summed E-state index contributed by atoms with van der Waals surface area (Å²) in [5.74, 6) is -0.541. The van der Waals surface area contributed by atoms with Crippen molar-refractivity contribution in [1.29, 1.82) is 0 Å². The number of carbonyl (C=O) groups is 2. The van der Waals surface area contributed by atoms with Crippen LogP contribution in [0.15, 0.2) is 29.6 Å².